The van der Waals surface area contributed by atoms with Gasteiger partial charge in [-0.25, -0.2) is 0 Å². The lowest BCUT2D eigenvalue weighted by Crippen LogP contribution is -2.17. The molecule has 1 aromatic rings. The van der Waals surface area contributed by atoms with E-state index in [1.165, 1.54) is 43.6 Å². The lowest BCUT2D eigenvalue weighted by Gasteiger charge is -2.21. The van der Waals surface area contributed by atoms with E-state index in [2.05, 4.69) is 35.7 Å². The summed E-state index contributed by atoms with van der Waals surface area (Å²) in [5, 5.41) is 6.22. The van der Waals surface area contributed by atoms with Crippen LogP contribution in [0.5, 0.6) is 0 Å². The molecule has 3 heteroatoms. The summed E-state index contributed by atoms with van der Waals surface area (Å²) in [7, 11) is 0. The molecule has 0 aliphatic carbocycles. The normalized spacial score (nSPS) is 11.9. The van der Waals surface area contributed by atoms with Gasteiger partial charge in [-0.05, 0) is 18.0 Å². The molecule has 0 saturated heterocycles. The summed E-state index contributed by atoms with van der Waals surface area (Å²) in [5.74, 6) is 0. The summed E-state index contributed by atoms with van der Waals surface area (Å²) in [6.07, 6.45) is 6.53. The maximum Gasteiger partial charge on any atom is 0.0811 e. The molecule has 14 heavy (non-hydrogen) atoms. The van der Waals surface area contributed by atoms with Gasteiger partial charge in [0.1, 0.15) is 0 Å². The van der Waals surface area contributed by atoms with Crippen molar-refractivity contribution in [1.29, 1.82) is 0 Å². The zero-order valence-electron chi connectivity index (χ0n) is 9.42. The fourth-order valence-electron chi connectivity index (χ4n) is 1.58. The minimum Gasteiger partial charge on any atom is -0.143 e. The second kappa shape index (κ2) is 5.44. The highest BCUT2D eigenvalue weighted by Gasteiger charge is 2.22. The summed E-state index contributed by atoms with van der Waals surface area (Å²) in [6.45, 7) is 6.76. The summed E-state index contributed by atoms with van der Waals surface area (Å²) in [4.78, 5) is 0. The topological polar surface area (TPSA) is 25.8 Å². The molecule has 0 atom stereocenters. The molecule has 0 unspecified atom stereocenters. The summed E-state index contributed by atoms with van der Waals surface area (Å²) in [5.41, 5.74) is 1.36. The fourth-order valence-corrected chi connectivity index (χ4v) is 2.23. The third-order valence-corrected chi connectivity index (χ3v) is 3.21. The predicted molar refractivity (Wildman–Crippen MR) is 61.7 cm³/mol. The first-order valence-electron chi connectivity index (χ1n) is 5.44. The molecule has 0 fully saturated rings. The van der Waals surface area contributed by atoms with Crippen LogP contribution in [0.15, 0.2) is 5.38 Å². The van der Waals surface area contributed by atoms with Gasteiger partial charge in [0.15, 0.2) is 0 Å². The average molecular weight is 212 g/mol. The Morgan fingerprint density at radius 3 is 2.64 bits per heavy atom. The molecule has 2 nitrogen and oxygen atoms in total. The first-order chi connectivity index (χ1) is 6.67. The van der Waals surface area contributed by atoms with Gasteiger partial charge in [-0.3, -0.25) is 0 Å². The maximum absolute atomic E-state index is 4.16. The van der Waals surface area contributed by atoms with Gasteiger partial charge in [-0.1, -0.05) is 50.9 Å². The second-order valence-electron chi connectivity index (χ2n) is 4.48. The SMILES string of the molecule is CCCCCCC(C)(C)c1csnn1. The molecule has 0 radical (unpaired) electrons. The molecule has 80 valence electrons. The molecule has 0 aromatic carbocycles. The van der Waals surface area contributed by atoms with Crippen molar-refractivity contribution in [3.63, 3.8) is 0 Å². The predicted octanol–water partition coefficient (Wildman–Crippen LogP) is 3.79. The van der Waals surface area contributed by atoms with Gasteiger partial charge in [0.25, 0.3) is 0 Å². The third-order valence-electron chi connectivity index (χ3n) is 2.71. The van der Waals surface area contributed by atoms with Crippen molar-refractivity contribution in [2.24, 2.45) is 0 Å². The minimum absolute atomic E-state index is 0.209. The molecule has 0 N–H and O–H groups in total. The van der Waals surface area contributed by atoms with Gasteiger partial charge in [-0.15, -0.1) is 5.10 Å². The van der Waals surface area contributed by atoms with Crippen LogP contribution in [0, 0.1) is 0 Å². The molecular formula is C11H20N2S. The fraction of sp³-hybridized carbons (Fsp3) is 0.818. The van der Waals surface area contributed by atoms with E-state index in [1.54, 1.807) is 0 Å². The Balaban J connectivity index is 2.35. The first kappa shape index (κ1) is 11.6. The molecular weight excluding hydrogens is 192 g/mol. The smallest absolute Gasteiger partial charge is 0.0811 e. The molecule has 1 heterocycles. The van der Waals surface area contributed by atoms with Gasteiger partial charge in [-0.2, -0.15) is 0 Å². The van der Waals surface area contributed by atoms with Gasteiger partial charge >= 0.3 is 0 Å². The minimum atomic E-state index is 0.209. The van der Waals surface area contributed by atoms with Crippen LogP contribution in [-0.4, -0.2) is 9.59 Å². The van der Waals surface area contributed by atoms with E-state index in [9.17, 15) is 0 Å². The van der Waals surface area contributed by atoms with Crippen LogP contribution in [0.3, 0.4) is 0 Å². The van der Waals surface area contributed by atoms with Crippen LogP contribution in [0.1, 0.15) is 58.6 Å². The van der Waals surface area contributed by atoms with E-state index >= 15 is 0 Å². The molecule has 0 saturated carbocycles. The average Bonchev–Trinajstić information content (AvgIpc) is 2.65. The van der Waals surface area contributed by atoms with Crippen LogP contribution < -0.4 is 0 Å². The highest BCUT2D eigenvalue weighted by molar-refractivity contribution is 7.03. The molecule has 1 rings (SSSR count). The van der Waals surface area contributed by atoms with Crippen LogP contribution >= 0.6 is 11.5 Å². The highest BCUT2D eigenvalue weighted by atomic mass is 32.1. The number of hydrogen-bond acceptors (Lipinski definition) is 3. The lowest BCUT2D eigenvalue weighted by atomic mass is 9.84. The van der Waals surface area contributed by atoms with E-state index < -0.39 is 0 Å². The molecule has 0 amide bonds. The van der Waals surface area contributed by atoms with Gasteiger partial charge in [0.05, 0.1) is 5.69 Å². The van der Waals surface area contributed by atoms with Gasteiger partial charge < -0.3 is 0 Å². The molecule has 0 aliphatic heterocycles. The van der Waals surface area contributed by atoms with Gasteiger partial charge in [0.2, 0.25) is 0 Å². The van der Waals surface area contributed by atoms with E-state index in [-0.39, 0.29) is 5.41 Å². The monoisotopic (exact) mass is 212 g/mol. The summed E-state index contributed by atoms with van der Waals surface area (Å²) in [6, 6.07) is 0. The standard InChI is InChI=1S/C11H20N2S/c1-4-5-6-7-8-11(2,3)10-9-14-13-12-10/h9H,4-8H2,1-3H3. The van der Waals surface area contributed by atoms with Crippen molar-refractivity contribution < 1.29 is 0 Å². The molecule has 0 spiro atoms. The quantitative estimate of drug-likeness (QED) is 0.670. The van der Waals surface area contributed by atoms with Crippen LogP contribution in [0.2, 0.25) is 0 Å². The van der Waals surface area contributed by atoms with Crippen molar-refractivity contribution in [2.45, 2.75) is 58.3 Å². The van der Waals surface area contributed by atoms with E-state index in [4.69, 9.17) is 0 Å². The number of hydrogen-bond donors (Lipinski definition) is 0. The summed E-state index contributed by atoms with van der Waals surface area (Å²) >= 11 is 1.45. The van der Waals surface area contributed by atoms with E-state index in [0.29, 0.717) is 0 Å². The molecule has 1 aromatic heterocycles. The maximum atomic E-state index is 4.16. The van der Waals surface area contributed by atoms with E-state index in [1.807, 2.05) is 0 Å². The summed E-state index contributed by atoms with van der Waals surface area (Å²) < 4.78 is 3.92. The Kier molecular flexibility index (Phi) is 4.52. The highest BCUT2D eigenvalue weighted by Crippen LogP contribution is 2.28. The van der Waals surface area contributed by atoms with Crippen molar-refractivity contribution in [3.8, 4) is 0 Å². The Labute approximate surface area is 90.9 Å². The van der Waals surface area contributed by atoms with Crippen LogP contribution in [0.25, 0.3) is 0 Å². The number of rotatable bonds is 6. The van der Waals surface area contributed by atoms with Gasteiger partial charge in [0, 0.05) is 10.8 Å². The van der Waals surface area contributed by atoms with Crippen LogP contribution in [0.4, 0.5) is 0 Å². The number of aromatic nitrogens is 2. The molecule has 0 aliphatic rings. The van der Waals surface area contributed by atoms with Crippen LogP contribution in [-0.2, 0) is 5.41 Å². The van der Waals surface area contributed by atoms with Crippen molar-refractivity contribution >= 4 is 11.5 Å². The lowest BCUT2D eigenvalue weighted by molar-refractivity contribution is 0.434. The zero-order valence-corrected chi connectivity index (χ0v) is 10.2. The zero-order chi connectivity index (χ0) is 10.4. The van der Waals surface area contributed by atoms with Crippen molar-refractivity contribution in [3.05, 3.63) is 11.1 Å². The Bertz CT molecular complexity index is 242. The van der Waals surface area contributed by atoms with Crippen molar-refractivity contribution in [1.82, 2.24) is 9.59 Å². The first-order valence-corrected chi connectivity index (χ1v) is 6.28. The van der Waals surface area contributed by atoms with E-state index in [0.717, 1.165) is 5.69 Å². The Hall–Kier alpha value is -0.440. The largest absolute Gasteiger partial charge is 0.143 e. The number of nitrogens with zero attached hydrogens (tertiary/aromatic N) is 2. The molecule has 0 bridgehead atoms. The third kappa shape index (κ3) is 3.37. The van der Waals surface area contributed by atoms with Crippen molar-refractivity contribution in [2.75, 3.05) is 0 Å². The Morgan fingerprint density at radius 2 is 2.07 bits per heavy atom. The number of unbranched alkanes of at least 4 members (excludes halogenated alkanes) is 3. The Morgan fingerprint density at radius 1 is 1.29 bits per heavy atom. The second-order valence-corrected chi connectivity index (χ2v) is 5.09.